The third-order valence-corrected chi connectivity index (χ3v) is 5.02. The molecule has 27 heavy (non-hydrogen) atoms. The molecule has 0 saturated carbocycles. The molecule has 5 nitrogen and oxygen atoms in total. The minimum absolute atomic E-state index is 0.0240. The molecule has 144 valence electrons. The van der Waals surface area contributed by atoms with Gasteiger partial charge in [0.05, 0.1) is 14.2 Å². The van der Waals surface area contributed by atoms with Crippen LogP contribution in [0.3, 0.4) is 0 Å². The topological polar surface area (TPSA) is 48.0 Å². The standard InChI is InChI=1S/C22H27NO4/c1-15-6-8-17(9-7-15)27-13-21(24)23-12-16-10-19(25-4)20(26-5)11-18(16)22(2,3)14-23/h6-11H,12-14H2,1-5H3. The van der Waals surface area contributed by atoms with Crippen molar-refractivity contribution < 1.29 is 19.0 Å². The average Bonchev–Trinajstić information content (AvgIpc) is 2.65. The van der Waals surface area contributed by atoms with Crippen molar-refractivity contribution in [2.24, 2.45) is 0 Å². The highest BCUT2D eigenvalue weighted by Crippen LogP contribution is 2.40. The molecule has 0 spiro atoms. The molecule has 0 bridgehead atoms. The van der Waals surface area contributed by atoms with Crippen molar-refractivity contribution in [3.05, 3.63) is 53.1 Å². The molecule has 1 aliphatic rings. The fourth-order valence-electron chi connectivity index (χ4n) is 3.55. The zero-order valence-corrected chi connectivity index (χ0v) is 16.7. The van der Waals surface area contributed by atoms with E-state index in [9.17, 15) is 4.79 Å². The molecule has 0 saturated heterocycles. The maximum atomic E-state index is 12.8. The van der Waals surface area contributed by atoms with Crippen LogP contribution in [0.15, 0.2) is 36.4 Å². The smallest absolute Gasteiger partial charge is 0.260 e. The Bertz CT molecular complexity index is 827. The molecule has 1 aliphatic heterocycles. The number of nitrogens with zero attached hydrogens (tertiary/aromatic N) is 1. The summed E-state index contributed by atoms with van der Waals surface area (Å²) in [5.41, 5.74) is 3.23. The summed E-state index contributed by atoms with van der Waals surface area (Å²) in [6.07, 6.45) is 0. The molecule has 1 heterocycles. The average molecular weight is 369 g/mol. The van der Waals surface area contributed by atoms with Gasteiger partial charge in [0.25, 0.3) is 5.91 Å². The van der Waals surface area contributed by atoms with Crippen molar-refractivity contribution in [3.63, 3.8) is 0 Å². The lowest BCUT2D eigenvalue weighted by atomic mass is 9.78. The van der Waals surface area contributed by atoms with Crippen molar-refractivity contribution >= 4 is 5.91 Å². The van der Waals surface area contributed by atoms with E-state index in [-0.39, 0.29) is 17.9 Å². The maximum Gasteiger partial charge on any atom is 0.260 e. The predicted octanol–water partition coefficient (Wildman–Crippen LogP) is 3.71. The molecular weight excluding hydrogens is 342 g/mol. The number of fused-ring (bicyclic) bond motifs is 1. The Labute approximate surface area is 160 Å². The highest BCUT2D eigenvalue weighted by atomic mass is 16.5. The lowest BCUT2D eigenvalue weighted by molar-refractivity contribution is -0.135. The summed E-state index contributed by atoms with van der Waals surface area (Å²) in [5.74, 6) is 2.07. The van der Waals surface area contributed by atoms with Gasteiger partial charge in [0.2, 0.25) is 0 Å². The summed E-state index contributed by atoms with van der Waals surface area (Å²) < 4.78 is 16.5. The molecule has 0 radical (unpaired) electrons. The Morgan fingerprint density at radius 1 is 1.07 bits per heavy atom. The van der Waals surface area contributed by atoms with Crippen molar-refractivity contribution in [1.29, 1.82) is 0 Å². The summed E-state index contributed by atoms with van der Waals surface area (Å²) in [4.78, 5) is 14.6. The van der Waals surface area contributed by atoms with E-state index in [4.69, 9.17) is 14.2 Å². The van der Waals surface area contributed by atoms with Crippen molar-refractivity contribution in [3.8, 4) is 17.2 Å². The van der Waals surface area contributed by atoms with Crippen LogP contribution in [0, 0.1) is 6.92 Å². The fourth-order valence-corrected chi connectivity index (χ4v) is 3.55. The van der Waals surface area contributed by atoms with E-state index >= 15 is 0 Å². The van der Waals surface area contributed by atoms with E-state index in [1.807, 2.05) is 48.2 Å². The highest BCUT2D eigenvalue weighted by Gasteiger charge is 2.35. The molecular formula is C22H27NO4. The van der Waals surface area contributed by atoms with Gasteiger partial charge < -0.3 is 19.1 Å². The molecule has 2 aromatic rings. The quantitative estimate of drug-likeness (QED) is 0.806. The van der Waals surface area contributed by atoms with Crippen LogP contribution in [0.2, 0.25) is 0 Å². The molecule has 0 unspecified atom stereocenters. The van der Waals surface area contributed by atoms with Crippen molar-refractivity contribution in [2.45, 2.75) is 32.7 Å². The van der Waals surface area contributed by atoms with Gasteiger partial charge in [0.1, 0.15) is 5.75 Å². The number of aryl methyl sites for hydroxylation is 1. The van der Waals surface area contributed by atoms with Crippen LogP contribution in [-0.4, -0.2) is 38.2 Å². The van der Waals surface area contributed by atoms with Gasteiger partial charge in [-0.25, -0.2) is 0 Å². The number of rotatable bonds is 5. The van der Waals surface area contributed by atoms with Crippen molar-refractivity contribution in [1.82, 2.24) is 4.90 Å². The SMILES string of the molecule is COc1cc2c(cc1OC)C(C)(C)CN(C(=O)COc1ccc(C)cc1)C2. The minimum atomic E-state index is -0.188. The Balaban J connectivity index is 1.77. The van der Waals surface area contributed by atoms with E-state index in [0.717, 1.165) is 11.1 Å². The predicted molar refractivity (Wildman–Crippen MR) is 105 cm³/mol. The van der Waals surface area contributed by atoms with Crippen molar-refractivity contribution in [2.75, 3.05) is 27.4 Å². The molecule has 0 aliphatic carbocycles. The Kier molecular flexibility index (Phi) is 5.31. The van der Waals surface area contributed by atoms with Gasteiger partial charge in [-0.3, -0.25) is 4.79 Å². The summed E-state index contributed by atoms with van der Waals surface area (Å²) in [7, 11) is 3.26. The molecule has 3 rings (SSSR count). The number of methoxy groups -OCH3 is 2. The first-order chi connectivity index (χ1) is 12.8. The van der Waals surface area contributed by atoms with Gasteiger partial charge in [-0.05, 0) is 42.3 Å². The third-order valence-electron chi connectivity index (χ3n) is 5.02. The molecule has 1 amide bonds. The maximum absolute atomic E-state index is 12.8. The Hall–Kier alpha value is -2.69. The molecule has 5 heteroatoms. The van der Waals surface area contributed by atoms with E-state index in [1.54, 1.807) is 14.2 Å². The van der Waals surface area contributed by atoms with Crippen LogP contribution in [0.1, 0.15) is 30.5 Å². The monoisotopic (exact) mass is 369 g/mol. The lowest BCUT2D eigenvalue weighted by Gasteiger charge is -2.40. The van der Waals surface area contributed by atoms with Crippen LogP contribution in [0.5, 0.6) is 17.2 Å². The molecule has 2 aromatic carbocycles. The fraction of sp³-hybridized carbons (Fsp3) is 0.409. The highest BCUT2D eigenvalue weighted by molar-refractivity contribution is 5.78. The molecule has 0 atom stereocenters. The Morgan fingerprint density at radius 3 is 2.33 bits per heavy atom. The second-order valence-electron chi connectivity index (χ2n) is 7.60. The molecule has 0 N–H and O–H groups in total. The minimum Gasteiger partial charge on any atom is -0.493 e. The summed E-state index contributed by atoms with van der Waals surface area (Å²) in [5, 5.41) is 0. The van der Waals surface area contributed by atoms with E-state index in [1.165, 1.54) is 5.56 Å². The number of hydrogen-bond acceptors (Lipinski definition) is 4. The van der Waals surface area contributed by atoms with Crippen LogP contribution in [0.4, 0.5) is 0 Å². The summed E-state index contributed by atoms with van der Waals surface area (Å²) in [6, 6.07) is 11.7. The summed E-state index contributed by atoms with van der Waals surface area (Å²) in [6.45, 7) is 7.49. The normalized spacial score (nSPS) is 15.1. The van der Waals surface area contributed by atoms with Gasteiger partial charge >= 0.3 is 0 Å². The van der Waals surface area contributed by atoms with E-state index in [0.29, 0.717) is 30.3 Å². The Morgan fingerprint density at radius 2 is 1.70 bits per heavy atom. The number of carbonyl (C=O) groups is 1. The zero-order valence-electron chi connectivity index (χ0n) is 16.7. The first kappa shape index (κ1) is 19.1. The number of hydrogen-bond donors (Lipinski definition) is 0. The third kappa shape index (κ3) is 4.02. The van der Waals surface area contributed by atoms with Crippen LogP contribution >= 0.6 is 0 Å². The first-order valence-corrected chi connectivity index (χ1v) is 9.06. The molecule has 0 fully saturated rings. The lowest BCUT2D eigenvalue weighted by Crippen LogP contribution is -2.46. The number of ether oxygens (including phenoxy) is 3. The van der Waals surface area contributed by atoms with E-state index < -0.39 is 0 Å². The number of carbonyl (C=O) groups excluding carboxylic acids is 1. The van der Waals surface area contributed by atoms with Gasteiger partial charge in [-0.2, -0.15) is 0 Å². The number of benzene rings is 2. The van der Waals surface area contributed by atoms with Gasteiger partial charge in [-0.1, -0.05) is 31.5 Å². The summed E-state index contributed by atoms with van der Waals surface area (Å²) >= 11 is 0. The van der Waals surface area contributed by atoms with Crippen LogP contribution in [-0.2, 0) is 16.8 Å². The second kappa shape index (κ2) is 7.51. The molecule has 0 aromatic heterocycles. The largest absolute Gasteiger partial charge is 0.493 e. The second-order valence-corrected chi connectivity index (χ2v) is 7.60. The van der Waals surface area contributed by atoms with Crippen LogP contribution in [0.25, 0.3) is 0 Å². The number of amides is 1. The van der Waals surface area contributed by atoms with Gasteiger partial charge in [0.15, 0.2) is 18.1 Å². The zero-order chi connectivity index (χ0) is 19.6. The van der Waals surface area contributed by atoms with Crippen LogP contribution < -0.4 is 14.2 Å². The van der Waals surface area contributed by atoms with Gasteiger partial charge in [0, 0.05) is 18.5 Å². The van der Waals surface area contributed by atoms with Gasteiger partial charge in [-0.15, -0.1) is 0 Å². The van der Waals surface area contributed by atoms with E-state index in [2.05, 4.69) is 13.8 Å². The first-order valence-electron chi connectivity index (χ1n) is 9.06.